The fraction of sp³-hybridized carbons (Fsp3) is 0.660. The van der Waals surface area contributed by atoms with Gasteiger partial charge in [0, 0.05) is 53.5 Å². The highest BCUT2D eigenvalue weighted by molar-refractivity contribution is 5.95. The van der Waals surface area contributed by atoms with Crippen LogP contribution in [-0.4, -0.2) is 145 Å². The highest BCUT2D eigenvalue weighted by atomic mass is 16.6. The molecule has 1 aromatic heterocycles. The van der Waals surface area contributed by atoms with E-state index < -0.39 is 71.8 Å². The summed E-state index contributed by atoms with van der Waals surface area (Å²) in [5.41, 5.74) is 0.845. The second-order valence-corrected chi connectivity index (χ2v) is 18.1. The van der Waals surface area contributed by atoms with Crippen LogP contribution in [0.1, 0.15) is 103 Å². The molecule has 0 bridgehead atoms. The number of ether oxygens (including phenoxy) is 4. The van der Waals surface area contributed by atoms with Crippen molar-refractivity contribution in [1.82, 2.24) is 35.7 Å². The molecular formula is C47H74N8O10. The Kier molecular flexibility index (Phi) is 21.1. The molecule has 0 spiro atoms. The van der Waals surface area contributed by atoms with E-state index in [1.54, 1.807) is 51.5 Å². The summed E-state index contributed by atoms with van der Waals surface area (Å²) >= 11 is 0. The van der Waals surface area contributed by atoms with Crippen LogP contribution in [0, 0.1) is 24.7 Å². The van der Waals surface area contributed by atoms with Crippen LogP contribution in [0.5, 0.6) is 0 Å². The van der Waals surface area contributed by atoms with Gasteiger partial charge >= 0.3 is 12.1 Å². The Labute approximate surface area is 385 Å². The van der Waals surface area contributed by atoms with Gasteiger partial charge in [0.15, 0.2) is 0 Å². The first-order valence-corrected chi connectivity index (χ1v) is 22.6. The Morgan fingerprint density at radius 1 is 0.954 bits per heavy atom. The molecule has 1 saturated heterocycles. The number of carbonyl (C=O) groups excluding carboxylic acids is 6. The van der Waals surface area contributed by atoms with Crippen molar-refractivity contribution >= 4 is 41.6 Å². The molecule has 1 aliphatic rings. The SMILES string of the molecule is CC[C@H](C)[C@@H]([C@@H](CC(=O)N1CCC[C@H]1[C@H](OC)[C@@H](C)C(=O)NC(Cc1ccccc1)C(=O)OC)OC)N(C)C(=O)[C@@H](Nc1ncc(C(=O)NCCNC(=O)OC(C)(C)C)c(C)n1)C(C)C. The van der Waals surface area contributed by atoms with E-state index in [2.05, 4.69) is 31.2 Å². The number of methoxy groups -OCH3 is 3. The maximum Gasteiger partial charge on any atom is 0.407 e. The van der Waals surface area contributed by atoms with E-state index in [-0.39, 0.29) is 61.1 Å². The molecule has 2 aromatic rings. The first-order valence-electron chi connectivity index (χ1n) is 22.6. The number of likely N-dealkylation sites (tertiary alicyclic amines) is 1. The van der Waals surface area contributed by atoms with Gasteiger partial charge in [0.2, 0.25) is 23.7 Å². The van der Waals surface area contributed by atoms with Crippen LogP contribution in [0.15, 0.2) is 36.5 Å². The van der Waals surface area contributed by atoms with Crippen molar-refractivity contribution in [1.29, 1.82) is 0 Å². The van der Waals surface area contributed by atoms with Gasteiger partial charge in [0.25, 0.3) is 5.91 Å². The van der Waals surface area contributed by atoms with Crippen LogP contribution in [0.2, 0.25) is 0 Å². The van der Waals surface area contributed by atoms with Crippen molar-refractivity contribution in [2.45, 2.75) is 136 Å². The number of esters is 1. The standard InChI is InChI=1S/C47H74N8O10/c1-14-29(4)39(54(10)43(59)38(28(2)3)53-45-50-27-33(31(6)51-45)42(58)48-22-23-49-46(61)65-47(7,8)9)36(62-11)26-37(56)55-24-18-21-35(55)40(63-12)30(5)41(57)52-34(44(60)64-13)25-32-19-16-15-17-20-32/h15-17,19-20,27-30,34-36,38-40H,14,18,21-26H2,1-13H3,(H,48,58)(H,49,61)(H,52,57)(H,50,51,53)/t29-,30+,34?,35-,36+,38-,39-,40+/m0/s1. The predicted octanol–water partition coefficient (Wildman–Crippen LogP) is 4.30. The van der Waals surface area contributed by atoms with Gasteiger partial charge in [0.1, 0.15) is 17.7 Å². The molecule has 1 aromatic carbocycles. The summed E-state index contributed by atoms with van der Waals surface area (Å²) in [6.45, 7) is 17.3. The van der Waals surface area contributed by atoms with Crippen LogP contribution in [-0.2, 0) is 44.5 Å². The van der Waals surface area contributed by atoms with E-state index in [1.807, 2.05) is 58.0 Å². The third kappa shape index (κ3) is 15.6. The lowest BCUT2D eigenvalue weighted by Gasteiger charge is -2.40. The number of aromatic nitrogens is 2. The molecule has 8 atom stereocenters. The van der Waals surface area contributed by atoms with Gasteiger partial charge in [0.05, 0.1) is 55.0 Å². The average molecular weight is 911 g/mol. The van der Waals surface area contributed by atoms with Crippen molar-refractivity contribution < 1.29 is 47.7 Å². The van der Waals surface area contributed by atoms with Gasteiger partial charge in [-0.15, -0.1) is 0 Å². The zero-order valence-electron chi connectivity index (χ0n) is 40.7. The van der Waals surface area contributed by atoms with Gasteiger partial charge in [-0.2, -0.15) is 0 Å². The minimum atomic E-state index is -0.912. The zero-order chi connectivity index (χ0) is 48.6. The molecule has 18 heteroatoms. The van der Waals surface area contributed by atoms with Crippen LogP contribution in [0.3, 0.4) is 0 Å². The summed E-state index contributed by atoms with van der Waals surface area (Å²) in [4.78, 5) is 92.4. The molecule has 1 aliphatic heterocycles. The molecule has 0 aliphatic carbocycles. The number of hydrogen-bond acceptors (Lipinski definition) is 13. The van der Waals surface area contributed by atoms with Gasteiger partial charge < -0.3 is 50.0 Å². The Morgan fingerprint density at radius 2 is 1.62 bits per heavy atom. The minimum Gasteiger partial charge on any atom is -0.467 e. The third-order valence-corrected chi connectivity index (χ3v) is 11.9. The molecule has 362 valence electrons. The second kappa shape index (κ2) is 25.4. The lowest BCUT2D eigenvalue weighted by atomic mass is 9.89. The van der Waals surface area contributed by atoms with Crippen molar-refractivity contribution in [3.63, 3.8) is 0 Å². The number of rotatable bonds is 23. The fourth-order valence-corrected chi connectivity index (χ4v) is 8.18. The molecule has 0 radical (unpaired) electrons. The number of hydrogen-bond donors (Lipinski definition) is 4. The summed E-state index contributed by atoms with van der Waals surface area (Å²) in [5, 5.41) is 11.4. The van der Waals surface area contributed by atoms with Crippen molar-refractivity contribution in [2.75, 3.05) is 53.3 Å². The third-order valence-electron chi connectivity index (χ3n) is 11.9. The number of likely N-dealkylation sites (N-methyl/N-ethyl adjacent to an activating group) is 1. The Balaban J connectivity index is 1.73. The van der Waals surface area contributed by atoms with Crippen molar-refractivity contribution in [3.05, 3.63) is 53.3 Å². The van der Waals surface area contributed by atoms with Crippen LogP contribution in [0.25, 0.3) is 0 Å². The van der Waals surface area contributed by atoms with E-state index in [4.69, 9.17) is 18.9 Å². The number of nitrogens with one attached hydrogen (secondary N) is 4. The Bertz CT molecular complexity index is 1890. The zero-order valence-corrected chi connectivity index (χ0v) is 40.7. The smallest absolute Gasteiger partial charge is 0.407 e. The quantitative estimate of drug-likeness (QED) is 0.0905. The molecule has 18 nitrogen and oxygen atoms in total. The molecule has 65 heavy (non-hydrogen) atoms. The summed E-state index contributed by atoms with van der Waals surface area (Å²) in [6.07, 6.45) is 1.68. The van der Waals surface area contributed by atoms with Crippen LogP contribution in [0.4, 0.5) is 10.7 Å². The number of anilines is 1. The number of amides is 5. The van der Waals surface area contributed by atoms with Crippen molar-refractivity contribution in [3.8, 4) is 0 Å². The monoisotopic (exact) mass is 911 g/mol. The summed E-state index contributed by atoms with van der Waals surface area (Å²) < 4.78 is 22.2. The van der Waals surface area contributed by atoms with Crippen LogP contribution < -0.4 is 21.3 Å². The topological polar surface area (TPSA) is 220 Å². The first kappa shape index (κ1) is 54.0. The molecule has 1 fully saturated rings. The van der Waals surface area contributed by atoms with E-state index in [0.717, 1.165) is 5.56 Å². The lowest BCUT2D eigenvalue weighted by molar-refractivity contribution is -0.148. The Hall–Kier alpha value is -5.36. The number of benzene rings is 1. The lowest BCUT2D eigenvalue weighted by Crippen LogP contribution is -2.56. The largest absolute Gasteiger partial charge is 0.467 e. The highest BCUT2D eigenvalue weighted by Crippen LogP contribution is 2.30. The predicted molar refractivity (Wildman–Crippen MR) is 246 cm³/mol. The first-order chi connectivity index (χ1) is 30.7. The minimum absolute atomic E-state index is 0.0270. The average Bonchev–Trinajstić information content (AvgIpc) is 3.75. The molecule has 1 unspecified atom stereocenters. The fourth-order valence-electron chi connectivity index (χ4n) is 8.18. The molecule has 4 N–H and O–H groups in total. The molecule has 3 rings (SSSR count). The summed E-state index contributed by atoms with van der Waals surface area (Å²) in [6, 6.07) is 6.72. The van der Waals surface area contributed by atoms with Crippen LogP contribution >= 0.6 is 0 Å². The number of aryl methyl sites for hydroxylation is 1. The molecular weight excluding hydrogens is 837 g/mol. The maximum atomic E-state index is 14.5. The molecule has 0 saturated carbocycles. The molecule has 2 heterocycles. The maximum absolute atomic E-state index is 14.5. The second-order valence-electron chi connectivity index (χ2n) is 18.1. The van der Waals surface area contributed by atoms with Gasteiger partial charge in [-0.1, -0.05) is 71.4 Å². The normalized spacial score (nSPS) is 17.1. The number of nitrogens with zero attached hydrogens (tertiary/aromatic N) is 4. The van der Waals surface area contributed by atoms with Crippen molar-refractivity contribution in [2.24, 2.45) is 17.8 Å². The summed E-state index contributed by atoms with van der Waals surface area (Å²) in [7, 11) is 6.04. The number of alkyl carbamates (subject to hydrolysis) is 1. The van der Waals surface area contributed by atoms with Gasteiger partial charge in [-0.3, -0.25) is 19.2 Å². The van der Waals surface area contributed by atoms with E-state index in [0.29, 0.717) is 31.5 Å². The van der Waals surface area contributed by atoms with E-state index in [1.165, 1.54) is 27.5 Å². The molecule has 5 amide bonds. The Morgan fingerprint density at radius 3 is 2.18 bits per heavy atom. The van der Waals surface area contributed by atoms with E-state index >= 15 is 0 Å². The summed E-state index contributed by atoms with van der Waals surface area (Å²) in [5.74, 6) is -2.68. The highest BCUT2D eigenvalue weighted by Gasteiger charge is 2.43. The number of carbonyl (C=O) groups is 6. The van der Waals surface area contributed by atoms with Gasteiger partial charge in [-0.25, -0.2) is 19.6 Å². The van der Waals surface area contributed by atoms with E-state index in [9.17, 15) is 28.8 Å². The van der Waals surface area contributed by atoms with Gasteiger partial charge in [-0.05, 0) is 57.9 Å².